The normalized spacial score (nSPS) is 16.2. The molecule has 0 radical (unpaired) electrons. The SMILES string of the molecule is O=C1C=C(Nc2ccc(S(=O)(=O)N3CCc4ccccc43)cc2)C(=O)N1CCO. The van der Waals surface area contributed by atoms with Crippen LogP contribution in [0.3, 0.4) is 0 Å². The Balaban J connectivity index is 1.52. The minimum Gasteiger partial charge on any atom is -0.395 e. The maximum absolute atomic E-state index is 13.0. The third-order valence-electron chi connectivity index (χ3n) is 4.90. The average Bonchev–Trinajstić information content (AvgIpc) is 3.26. The van der Waals surface area contributed by atoms with Crippen LogP contribution >= 0.6 is 0 Å². The third-order valence-corrected chi connectivity index (χ3v) is 6.73. The number of nitrogens with zero attached hydrogens (tertiary/aromatic N) is 2. The van der Waals surface area contributed by atoms with Gasteiger partial charge < -0.3 is 10.4 Å². The first-order valence-corrected chi connectivity index (χ1v) is 10.5. The van der Waals surface area contributed by atoms with Crippen LogP contribution in [0.4, 0.5) is 11.4 Å². The quantitative estimate of drug-likeness (QED) is 0.687. The van der Waals surface area contributed by atoms with Gasteiger partial charge in [-0.2, -0.15) is 0 Å². The summed E-state index contributed by atoms with van der Waals surface area (Å²) in [4.78, 5) is 25.1. The van der Waals surface area contributed by atoms with Crippen LogP contribution in [-0.4, -0.2) is 49.9 Å². The van der Waals surface area contributed by atoms with Crippen LogP contribution in [0.25, 0.3) is 0 Å². The number of sulfonamides is 1. The van der Waals surface area contributed by atoms with Crippen LogP contribution in [0.15, 0.2) is 65.2 Å². The Kier molecular flexibility index (Phi) is 4.85. The highest BCUT2D eigenvalue weighted by atomic mass is 32.2. The molecule has 0 fully saturated rings. The molecule has 2 aliphatic heterocycles. The number of nitrogens with one attached hydrogen (secondary N) is 1. The molecule has 2 aromatic rings. The third kappa shape index (κ3) is 3.39. The second-order valence-corrected chi connectivity index (χ2v) is 8.54. The summed E-state index contributed by atoms with van der Waals surface area (Å²) >= 11 is 0. The second kappa shape index (κ2) is 7.34. The number of benzene rings is 2. The molecular weight excluding hydrogens is 394 g/mol. The van der Waals surface area contributed by atoms with Gasteiger partial charge in [-0.3, -0.25) is 18.8 Å². The lowest BCUT2D eigenvalue weighted by atomic mass is 10.2. The lowest BCUT2D eigenvalue weighted by Crippen LogP contribution is -2.34. The monoisotopic (exact) mass is 413 g/mol. The Morgan fingerprint density at radius 1 is 1.03 bits per heavy atom. The van der Waals surface area contributed by atoms with E-state index in [-0.39, 0.29) is 23.7 Å². The molecule has 0 atom stereocenters. The molecule has 0 saturated heterocycles. The molecule has 9 heteroatoms. The van der Waals surface area contributed by atoms with Gasteiger partial charge in [0.05, 0.1) is 23.7 Å². The van der Waals surface area contributed by atoms with Crippen LogP contribution < -0.4 is 9.62 Å². The van der Waals surface area contributed by atoms with Crippen LogP contribution in [0, 0.1) is 0 Å². The smallest absolute Gasteiger partial charge is 0.277 e. The second-order valence-electron chi connectivity index (χ2n) is 6.68. The van der Waals surface area contributed by atoms with Gasteiger partial charge in [-0.05, 0) is 42.3 Å². The molecule has 150 valence electrons. The summed E-state index contributed by atoms with van der Waals surface area (Å²) in [7, 11) is -3.70. The Hall–Kier alpha value is -3.17. The molecule has 8 nitrogen and oxygen atoms in total. The van der Waals surface area contributed by atoms with Crippen LogP contribution in [0.1, 0.15) is 5.56 Å². The van der Waals surface area contributed by atoms with Gasteiger partial charge in [0.2, 0.25) is 0 Å². The average molecular weight is 413 g/mol. The number of β-amino-alcohol motifs (C(OH)–C–C–N with tert-alkyl or cyclic N) is 1. The van der Waals surface area contributed by atoms with Crippen molar-refractivity contribution in [2.24, 2.45) is 0 Å². The van der Waals surface area contributed by atoms with Crippen molar-refractivity contribution in [1.82, 2.24) is 4.90 Å². The lowest BCUT2D eigenvalue weighted by molar-refractivity contribution is -0.137. The summed E-state index contributed by atoms with van der Waals surface area (Å²) in [6.45, 7) is 0.00446. The van der Waals surface area contributed by atoms with E-state index in [1.54, 1.807) is 18.2 Å². The molecule has 0 aromatic heterocycles. The zero-order chi connectivity index (χ0) is 20.6. The summed E-state index contributed by atoms with van der Waals surface area (Å²) < 4.78 is 27.5. The van der Waals surface area contributed by atoms with Crippen molar-refractivity contribution in [3.63, 3.8) is 0 Å². The molecule has 2 amide bonds. The van der Waals surface area contributed by atoms with Gasteiger partial charge in [0.25, 0.3) is 21.8 Å². The van der Waals surface area contributed by atoms with E-state index in [4.69, 9.17) is 5.11 Å². The summed E-state index contributed by atoms with van der Waals surface area (Å²) in [5.41, 5.74) is 2.24. The molecular formula is C20H19N3O5S. The molecule has 2 heterocycles. The van der Waals surface area contributed by atoms with Crippen LogP contribution in [0.2, 0.25) is 0 Å². The van der Waals surface area contributed by atoms with E-state index in [1.165, 1.54) is 16.4 Å². The maximum atomic E-state index is 13.0. The van der Waals surface area contributed by atoms with E-state index < -0.39 is 21.8 Å². The predicted octanol–water partition coefficient (Wildman–Crippen LogP) is 1.09. The van der Waals surface area contributed by atoms with Gasteiger partial charge in [-0.15, -0.1) is 0 Å². The molecule has 0 unspecified atom stereocenters. The molecule has 0 aliphatic carbocycles. The molecule has 2 aliphatic rings. The minimum absolute atomic E-state index is 0.0756. The van der Waals surface area contributed by atoms with E-state index in [0.717, 1.165) is 16.5 Å². The molecule has 0 spiro atoms. The van der Waals surface area contributed by atoms with Gasteiger partial charge in [0.15, 0.2) is 0 Å². The van der Waals surface area contributed by atoms with Crippen molar-refractivity contribution in [2.75, 3.05) is 29.3 Å². The fourth-order valence-corrected chi connectivity index (χ4v) is 4.96. The van der Waals surface area contributed by atoms with Gasteiger partial charge in [0, 0.05) is 18.3 Å². The molecule has 0 saturated carbocycles. The largest absolute Gasteiger partial charge is 0.395 e. The van der Waals surface area contributed by atoms with Crippen molar-refractivity contribution < 1.29 is 23.1 Å². The molecule has 29 heavy (non-hydrogen) atoms. The van der Waals surface area contributed by atoms with Crippen molar-refractivity contribution in [1.29, 1.82) is 0 Å². The number of carbonyl (C=O) groups is 2. The standard InChI is InChI=1S/C20H19N3O5S/c24-12-11-22-19(25)13-17(20(22)26)21-15-5-7-16(8-6-15)29(27,28)23-10-9-14-3-1-2-4-18(14)23/h1-8,13,21,24H,9-12H2. The van der Waals surface area contributed by atoms with Gasteiger partial charge >= 0.3 is 0 Å². The number of hydrogen-bond donors (Lipinski definition) is 2. The highest BCUT2D eigenvalue weighted by Crippen LogP contribution is 2.33. The number of para-hydroxylation sites is 1. The molecule has 2 aromatic carbocycles. The summed E-state index contributed by atoms with van der Waals surface area (Å²) in [6.07, 6.45) is 1.83. The van der Waals surface area contributed by atoms with Gasteiger partial charge in [-0.1, -0.05) is 18.2 Å². The number of anilines is 2. The van der Waals surface area contributed by atoms with Crippen LogP contribution in [-0.2, 0) is 26.0 Å². The number of carbonyl (C=O) groups excluding carboxylic acids is 2. The van der Waals surface area contributed by atoms with E-state index in [9.17, 15) is 18.0 Å². The van der Waals surface area contributed by atoms with Crippen LogP contribution in [0.5, 0.6) is 0 Å². The minimum atomic E-state index is -3.70. The first kappa shape index (κ1) is 19.2. The number of aliphatic hydroxyl groups is 1. The number of hydrogen-bond acceptors (Lipinski definition) is 6. The zero-order valence-electron chi connectivity index (χ0n) is 15.4. The highest BCUT2D eigenvalue weighted by molar-refractivity contribution is 7.92. The summed E-state index contributed by atoms with van der Waals surface area (Å²) in [5, 5.41) is 11.8. The first-order chi connectivity index (χ1) is 13.9. The van der Waals surface area contributed by atoms with Crippen molar-refractivity contribution in [3.05, 3.63) is 65.9 Å². The Labute approximate surface area is 168 Å². The van der Waals surface area contributed by atoms with E-state index in [2.05, 4.69) is 5.32 Å². The van der Waals surface area contributed by atoms with E-state index in [0.29, 0.717) is 24.3 Å². The fourth-order valence-electron chi connectivity index (χ4n) is 3.46. The van der Waals surface area contributed by atoms with E-state index >= 15 is 0 Å². The summed E-state index contributed by atoms with van der Waals surface area (Å²) in [5.74, 6) is -1.03. The first-order valence-electron chi connectivity index (χ1n) is 9.08. The molecule has 2 N–H and O–H groups in total. The number of rotatable bonds is 6. The summed E-state index contributed by atoms with van der Waals surface area (Å²) in [6, 6.07) is 13.4. The van der Waals surface area contributed by atoms with Gasteiger partial charge in [-0.25, -0.2) is 8.42 Å². The number of amides is 2. The van der Waals surface area contributed by atoms with Crippen molar-refractivity contribution in [2.45, 2.75) is 11.3 Å². The topological polar surface area (TPSA) is 107 Å². The predicted molar refractivity (Wildman–Crippen MR) is 107 cm³/mol. The number of fused-ring (bicyclic) bond motifs is 1. The highest BCUT2D eigenvalue weighted by Gasteiger charge is 2.32. The lowest BCUT2D eigenvalue weighted by Gasteiger charge is -2.20. The van der Waals surface area contributed by atoms with Crippen molar-refractivity contribution >= 4 is 33.2 Å². The molecule has 4 rings (SSSR count). The number of aliphatic hydroxyl groups excluding tert-OH is 1. The number of imide groups is 1. The van der Waals surface area contributed by atoms with Crippen molar-refractivity contribution in [3.8, 4) is 0 Å². The molecule has 0 bridgehead atoms. The van der Waals surface area contributed by atoms with E-state index in [1.807, 2.05) is 18.2 Å². The Morgan fingerprint density at radius 3 is 2.48 bits per heavy atom. The fraction of sp³-hybridized carbons (Fsp3) is 0.200. The maximum Gasteiger partial charge on any atom is 0.277 e. The Bertz CT molecular complexity index is 1110. The Morgan fingerprint density at radius 2 is 1.76 bits per heavy atom. The van der Waals surface area contributed by atoms with Gasteiger partial charge in [0.1, 0.15) is 5.70 Å². The zero-order valence-corrected chi connectivity index (χ0v) is 16.2.